The predicted octanol–water partition coefficient (Wildman–Crippen LogP) is 4.05. The van der Waals surface area contributed by atoms with Gasteiger partial charge in [-0.2, -0.15) is 13.2 Å². The van der Waals surface area contributed by atoms with E-state index in [4.69, 9.17) is 9.47 Å². The van der Waals surface area contributed by atoms with E-state index >= 15 is 0 Å². The van der Waals surface area contributed by atoms with E-state index in [0.717, 1.165) is 31.3 Å². The lowest BCUT2D eigenvalue weighted by molar-refractivity contribution is -0.138. The lowest BCUT2D eigenvalue weighted by Gasteiger charge is -2.34. The van der Waals surface area contributed by atoms with Crippen LogP contribution in [0.1, 0.15) is 50.4 Å². The molecule has 3 heterocycles. The summed E-state index contributed by atoms with van der Waals surface area (Å²) in [7, 11) is 1.51. The number of pyridine rings is 1. The fourth-order valence-corrected chi connectivity index (χ4v) is 5.80. The van der Waals surface area contributed by atoms with Crippen LogP contribution in [0.4, 0.5) is 13.2 Å². The molecule has 3 atom stereocenters. The third kappa shape index (κ3) is 6.02. The number of halogens is 3. The van der Waals surface area contributed by atoms with Gasteiger partial charge in [0.15, 0.2) is 0 Å². The average molecular weight is 596 g/mol. The molecule has 3 aromatic rings. The maximum atomic E-state index is 14.1. The van der Waals surface area contributed by atoms with Crippen LogP contribution in [0.2, 0.25) is 0 Å². The number of likely N-dealkylation sites (N-methyl/N-ethyl adjacent to an activating group) is 1. The van der Waals surface area contributed by atoms with Gasteiger partial charge in [0.2, 0.25) is 0 Å². The van der Waals surface area contributed by atoms with E-state index in [-0.39, 0.29) is 47.3 Å². The van der Waals surface area contributed by atoms with Crippen LogP contribution < -0.4 is 20.1 Å². The molecule has 2 aromatic carbocycles. The van der Waals surface area contributed by atoms with Gasteiger partial charge in [0.25, 0.3) is 11.8 Å². The van der Waals surface area contributed by atoms with Gasteiger partial charge in [-0.3, -0.25) is 19.5 Å². The van der Waals surface area contributed by atoms with Crippen LogP contribution in [0.3, 0.4) is 0 Å². The Morgan fingerprint density at radius 1 is 1.00 bits per heavy atom. The first-order valence-corrected chi connectivity index (χ1v) is 14.3. The summed E-state index contributed by atoms with van der Waals surface area (Å²) in [6.07, 6.45) is -3.41. The zero-order valence-electron chi connectivity index (χ0n) is 23.8. The topological polar surface area (TPSA) is 96.0 Å². The number of aromatic nitrogens is 1. The summed E-state index contributed by atoms with van der Waals surface area (Å²) in [5.74, 6) is 0.535. The highest BCUT2D eigenvalue weighted by atomic mass is 19.4. The SMILES string of the molecule is CCN1CCN(Cc2ccc(C(=O)NC3C4Oc5ccc(Oc6ccnc(C(=O)NC)c6)cc5C34)cc2C(F)(F)F)CC1. The molecule has 6 rings (SSSR count). The Kier molecular flexibility index (Phi) is 7.74. The molecule has 2 aliphatic heterocycles. The molecule has 0 radical (unpaired) electrons. The molecule has 3 aliphatic rings. The first-order chi connectivity index (χ1) is 20.6. The second-order valence-electron chi connectivity index (χ2n) is 10.9. The molecule has 226 valence electrons. The van der Waals surface area contributed by atoms with Crippen molar-refractivity contribution in [3.63, 3.8) is 0 Å². The molecule has 9 nitrogen and oxygen atoms in total. The molecule has 1 aromatic heterocycles. The van der Waals surface area contributed by atoms with Crippen LogP contribution in [0.25, 0.3) is 0 Å². The number of rotatable bonds is 8. The summed E-state index contributed by atoms with van der Waals surface area (Å²) in [6, 6.07) is 11.9. The summed E-state index contributed by atoms with van der Waals surface area (Å²) in [4.78, 5) is 33.3. The molecule has 12 heteroatoms. The third-order valence-electron chi connectivity index (χ3n) is 8.27. The van der Waals surface area contributed by atoms with Crippen molar-refractivity contribution in [3.05, 3.63) is 82.7 Å². The van der Waals surface area contributed by atoms with Gasteiger partial charge in [-0.25, -0.2) is 0 Å². The summed E-state index contributed by atoms with van der Waals surface area (Å²) in [5, 5.41) is 5.37. The molecule has 1 aliphatic carbocycles. The van der Waals surface area contributed by atoms with E-state index in [1.807, 2.05) is 11.0 Å². The number of ether oxygens (including phenoxy) is 2. The Morgan fingerprint density at radius 3 is 2.47 bits per heavy atom. The molecular formula is C31H32F3N5O4. The molecule has 1 saturated heterocycles. The fourth-order valence-electron chi connectivity index (χ4n) is 5.80. The Labute approximate surface area is 247 Å². The van der Waals surface area contributed by atoms with E-state index in [1.54, 1.807) is 18.2 Å². The maximum Gasteiger partial charge on any atom is 0.416 e. The monoisotopic (exact) mass is 595 g/mol. The number of fused-ring (bicyclic) bond motifs is 3. The molecular weight excluding hydrogens is 563 g/mol. The van der Waals surface area contributed by atoms with Gasteiger partial charge >= 0.3 is 6.18 Å². The van der Waals surface area contributed by atoms with Crippen LogP contribution in [0, 0.1) is 0 Å². The van der Waals surface area contributed by atoms with Gasteiger partial charge in [0.05, 0.1) is 17.5 Å². The minimum Gasteiger partial charge on any atom is -0.487 e. The van der Waals surface area contributed by atoms with E-state index in [9.17, 15) is 22.8 Å². The molecule has 2 N–H and O–H groups in total. The quantitative estimate of drug-likeness (QED) is 0.406. The summed E-state index contributed by atoms with van der Waals surface area (Å²) in [6.45, 7) is 6.22. The minimum absolute atomic E-state index is 0.0428. The van der Waals surface area contributed by atoms with Crippen molar-refractivity contribution < 1.29 is 32.2 Å². The Morgan fingerprint density at radius 2 is 1.74 bits per heavy atom. The largest absolute Gasteiger partial charge is 0.487 e. The normalized spacial score (nSPS) is 21.4. The number of hydrogen-bond donors (Lipinski definition) is 2. The number of nitrogens with one attached hydrogen (secondary N) is 2. The Balaban J connectivity index is 1.12. The van der Waals surface area contributed by atoms with Crippen molar-refractivity contribution in [1.82, 2.24) is 25.4 Å². The van der Waals surface area contributed by atoms with Crippen LogP contribution >= 0.6 is 0 Å². The third-order valence-corrected chi connectivity index (χ3v) is 8.27. The van der Waals surface area contributed by atoms with Crippen molar-refractivity contribution in [2.75, 3.05) is 39.8 Å². The zero-order valence-corrected chi connectivity index (χ0v) is 23.8. The van der Waals surface area contributed by atoms with Gasteiger partial charge in [-0.05, 0) is 48.5 Å². The van der Waals surface area contributed by atoms with Gasteiger partial charge in [0.1, 0.15) is 29.0 Å². The molecule has 2 amide bonds. The van der Waals surface area contributed by atoms with Crippen LogP contribution in [-0.2, 0) is 12.7 Å². The highest BCUT2D eigenvalue weighted by Crippen LogP contribution is 2.54. The van der Waals surface area contributed by atoms with Gasteiger partial charge in [-0.15, -0.1) is 0 Å². The lowest BCUT2D eigenvalue weighted by Crippen LogP contribution is -2.45. The number of benzene rings is 2. The van der Waals surface area contributed by atoms with Gasteiger partial charge in [0, 0.05) is 63.2 Å². The number of carbonyl (C=O) groups excluding carboxylic acids is 2. The number of hydrogen-bond acceptors (Lipinski definition) is 7. The zero-order chi connectivity index (χ0) is 30.3. The Bertz CT molecular complexity index is 1540. The molecule has 3 unspecified atom stereocenters. The molecule has 0 bridgehead atoms. The highest BCUT2D eigenvalue weighted by Gasteiger charge is 2.59. The molecule has 0 spiro atoms. The summed E-state index contributed by atoms with van der Waals surface area (Å²) in [5.41, 5.74) is 0.388. The number of carbonyl (C=O) groups is 2. The van der Waals surface area contributed by atoms with E-state index < -0.39 is 17.6 Å². The van der Waals surface area contributed by atoms with Crippen molar-refractivity contribution in [2.24, 2.45) is 0 Å². The second kappa shape index (κ2) is 11.5. The number of amides is 2. The van der Waals surface area contributed by atoms with Gasteiger partial charge < -0.3 is 25.0 Å². The minimum atomic E-state index is -4.58. The first-order valence-electron chi connectivity index (χ1n) is 14.3. The number of piperazine rings is 1. The Hall–Kier alpha value is -4.16. The van der Waals surface area contributed by atoms with Gasteiger partial charge in [-0.1, -0.05) is 13.0 Å². The van der Waals surface area contributed by atoms with Crippen LogP contribution in [-0.4, -0.2) is 78.5 Å². The van der Waals surface area contributed by atoms with Crippen LogP contribution in [0.15, 0.2) is 54.7 Å². The van der Waals surface area contributed by atoms with Crippen molar-refractivity contribution in [1.29, 1.82) is 0 Å². The second-order valence-corrected chi connectivity index (χ2v) is 10.9. The summed E-state index contributed by atoms with van der Waals surface area (Å²) >= 11 is 0. The standard InChI is InChI=1S/C31H32F3N5O4/c1-3-38-10-12-39(13-11-38)17-19-5-4-18(14-23(19)31(32,33)34)29(40)37-27-26-22-15-20(6-7-25(22)43-28(26)27)42-21-8-9-36-24(16-21)30(41)35-2/h4-9,14-16,26-28H,3,10-13,17H2,1-2H3,(H,35,41)(H,37,40). The first kappa shape index (κ1) is 28.9. The average Bonchev–Trinajstić information content (AvgIpc) is 3.52. The lowest BCUT2D eigenvalue weighted by atomic mass is 10.0. The van der Waals surface area contributed by atoms with E-state index in [1.165, 1.54) is 31.4 Å². The fraction of sp³-hybridized carbons (Fsp3) is 0.387. The predicted molar refractivity (Wildman–Crippen MR) is 151 cm³/mol. The molecule has 1 saturated carbocycles. The van der Waals surface area contributed by atoms with Crippen molar-refractivity contribution in [2.45, 2.75) is 37.7 Å². The van der Waals surface area contributed by atoms with Crippen molar-refractivity contribution >= 4 is 11.8 Å². The van der Waals surface area contributed by atoms with Crippen LogP contribution in [0.5, 0.6) is 17.2 Å². The maximum absolute atomic E-state index is 14.1. The van der Waals surface area contributed by atoms with E-state index in [2.05, 4.69) is 27.4 Å². The van der Waals surface area contributed by atoms with Crippen molar-refractivity contribution in [3.8, 4) is 17.2 Å². The molecule has 2 fully saturated rings. The molecule has 43 heavy (non-hydrogen) atoms. The number of nitrogens with zero attached hydrogens (tertiary/aromatic N) is 3. The smallest absolute Gasteiger partial charge is 0.416 e. The van der Waals surface area contributed by atoms with E-state index in [0.29, 0.717) is 30.3 Å². The number of alkyl halides is 3. The summed E-state index contributed by atoms with van der Waals surface area (Å²) < 4.78 is 54.1. The highest BCUT2D eigenvalue weighted by molar-refractivity contribution is 5.95.